The summed E-state index contributed by atoms with van der Waals surface area (Å²) in [5.74, 6) is -3.22. The number of carbonyl (C=O) groups excluding carboxylic acids is 3. The number of carbonyl (C=O) groups is 5. The number of rotatable bonds is 6. The fourth-order valence-corrected chi connectivity index (χ4v) is 5.70. The van der Waals surface area contributed by atoms with Crippen LogP contribution in [0.5, 0.6) is 0 Å². The first kappa shape index (κ1) is 31.0. The Bertz CT molecular complexity index is 1430. The number of likely N-dealkylation sites (tertiary alicyclic amines) is 1. The van der Waals surface area contributed by atoms with Crippen LogP contribution in [0.2, 0.25) is 0 Å². The predicted molar refractivity (Wildman–Crippen MR) is 136 cm³/mol. The highest BCUT2D eigenvalue weighted by atomic mass is 32.2. The van der Waals surface area contributed by atoms with Crippen LogP contribution in [0, 0.1) is 12.3 Å². The number of alkyl halides is 3. The molecule has 4 rings (SSSR count). The number of oxime groups is 1. The normalized spacial score (nSPS) is 21.5. The Balaban J connectivity index is 0.000000587. The minimum atomic E-state index is -5.08. The van der Waals surface area contributed by atoms with Crippen LogP contribution in [0.3, 0.4) is 0 Å². The lowest BCUT2D eigenvalue weighted by atomic mass is 10.0. The number of hydrogen-bond donors (Lipinski definition) is 5. The van der Waals surface area contributed by atoms with Crippen molar-refractivity contribution in [2.24, 2.45) is 5.16 Å². The summed E-state index contributed by atoms with van der Waals surface area (Å²) >= 11 is 2.29. The summed E-state index contributed by atoms with van der Waals surface area (Å²) in [6, 6.07) is -1.03. The lowest BCUT2D eigenvalue weighted by Gasteiger charge is -2.49. The molecule has 3 aliphatic heterocycles. The minimum Gasteiger partial charge on any atom is -0.477 e. The van der Waals surface area contributed by atoms with Gasteiger partial charge in [-0.2, -0.15) is 13.2 Å². The second-order valence-electron chi connectivity index (χ2n) is 8.21. The number of fused-ring (bicyclic) bond motifs is 1. The van der Waals surface area contributed by atoms with Gasteiger partial charge in [0.1, 0.15) is 22.8 Å². The number of hydrogen-bond acceptors (Lipinski definition) is 11. The SMILES string of the molecule is C#CCN1CC/C(=C\C2=C(C(=O)O)N3C(=O)[C@@H](NC(=O)/C(=N\O)c4csc(N)n4)[C@H]3SC2)C1=O.O=C(O)C(F)(F)F. The third kappa shape index (κ3) is 6.60. The van der Waals surface area contributed by atoms with E-state index in [1.165, 1.54) is 28.1 Å². The summed E-state index contributed by atoms with van der Waals surface area (Å²) in [6.07, 6.45) is 2.11. The number of β-lactam (4-membered cyclic amide) rings is 1. The molecular formula is C22H19F3N6O8S2. The van der Waals surface area contributed by atoms with Gasteiger partial charge in [0.05, 0.1) is 6.54 Å². The molecule has 41 heavy (non-hydrogen) atoms. The van der Waals surface area contributed by atoms with Crippen molar-refractivity contribution in [1.29, 1.82) is 0 Å². The number of allylic oxidation sites excluding steroid dienone is 1. The van der Waals surface area contributed by atoms with Gasteiger partial charge in [0.15, 0.2) is 10.8 Å². The summed E-state index contributed by atoms with van der Waals surface area (Å²) in [7, 11) is 0. The van der Waals surface area contributed by atoms with E-state index in [0.29, 0.717) is 24.1 Å². The number of aromatic nitrogens is 1. The van der Waals surface area contributed by atoms with Crippen LogP contribution in [0.4, 0.5) is 18.3 Å². The summed E-state index contributed by atoms with van der Waals surface area (Å²) < 4.78 is 31.7. The highest BCUT2D eigenvalue weighted by Crippen LogP contribution is 2.41. The zero-order valence-corrected chi connectivity index (χ0v) is 22.0. The van der Waals surface area contributed by atoms with Crippen molar-refractivity contribution >= 4 is 63.6 Å². The molecule has 218 valence electrons. The summed E-state index contributed by atoms with van der Waals surface area (Å²) in [5, 5.41) is 32.5. The van der Waals surface area contributed by atoms with Crippen LogP contribution < -0.4 is 11.1 Å². The number of aliphatic carboxylic acids is 2. The van der Waals surface area contributed by atoms with Gasteiger partial charge in [0.2, 0.25) is 0 Å². The molecule has 0 saturated carbocycles. The Morgan fingerprint density at radius 1 is 1.32 bits per heavy atom. The average Bonchev–Trinajstić information content (AvgIpc) is 3.48. The molecule has 0 aliphatic carbocycles. The number of carboxylic acid groups (broad SMARTS) is 2. The molecule has 3 amide bonds. The van der Waals surface area contributed by atoms with E-state index in [4.69, 9.17) is 22.1 Å². The minimum absolute atomic E-state index is 0.0440. The molecule has 2 saturated heterocycles. The smallest absolute Gasteiger partial charge is 0.477 e. The number of nitrogen functional groups attached to an aromatic ring is 1. The molecule has 1 aromatic rings. The second-order valence-corrected chi connectivity index (χ2v) is 10.2. The van der Waals surface area contributed by atoms with Crippen LogP contribution in [-0.4, -0.2) is 102 Å². The van der Waals surface area contributed by atoms with Gasteiger partial charge >= 0.3 is 18.1 Å². The molecule has 0 bridgehead atoms. The van der Waals surface area contributed by atoms with E-state index in [1.807, 2.05) is 0 Å². The van der Waals surface area contributed by atoms with Gasteiger partial charge in [-0.15, -0.1) is 29.5 Å². The van der Waals surface area contributed by atoms with Crippen molar-refractivity contribution in [3.05, 3.63) is 34.0 Å². The molecule has 14 nitrogen and oxygen atoms in total. The number of amides is 3. The lowest BCUT2D eigenvalue weighted by molar-refractivity contribution is -0.192. The highest BCUT2D eigenvalue weighted by Gasteiger charge is 2.54. The number of carboxylic acids is 2. The Labute approximate surface area is 236 Å². The van der Waals surface area contributed by atoms with Crippen molar-refractivity contribution in [2.75, 3.05) is 24.6 Å². The van der Waals surface area contributed by atoms with Gasteiger partial charge in [0.25, 0.3) is 17.7 Å². The van der Waals surface area contributed by atoms with Crippen molar-refractivity contribution in [3.63, 3.8) is 0 Å². The summed E-state index contributed by atoms with van der Waals surface area (Å²) in [4.78, 5) is 65.3. The zero-order chi connectivity index (χ0) is 30.6. The van der Waals surface area contributed by atoms with Gasteiger partial charge < -0.3 is 31.4 Å². The second kappa shape index (κ2) is 12.3. The van der Waals surface area contributed by atoms with Crippen molar-refractivity contribution in [1.82, 2.24) is 20.1 Å². The first-order valence-corrected chi connectivity index (χ1v) is 13.0. The number of nitrogens with one attached hydrogen (secondary N) is 1. The number of halogens is 3. The fraction of sp³-hybridized carbons (Fsp3) is 0.318. The standard InChI is InChI=1S/C20H18N6O6S2.C2HF3O2/c1-2-4-25-5-3-9(16(25)28)6-10-7-33-18-13(17(29)26(18)14(10)19(30)31)23-15(27)12(24-32)11-8-34-20(21)22-11;3-2(4,5)1(6)7/h1,6,8,13,18,32H,3-5,7H2,(H2,21,22)(H,23,27)(H,30,31);(H,6,7)/b9-6+,24-12-;/t13-,18-;/m1./s1. The van der Waals surface area contributed by atoms with Gasteiger partial charge in [0, 0.05) is 23.3 Å². The maximum atomic E-state index is 12.8. The van der Waals surface area contributed by atoms with E-state index in [0.717, 1.165) is 16.2 Å². The van der Waals surface area contributed by atoms with Gasteiger partial charge in [-0.3, -0.25) is 19.3 Å². The van der Waals surface area contributed by atoms with E-state index in [1.54, 1.807) is 0 Å². The largest absolute Gasteiger partial charge is 0.490 e. The predicted octanol–water partition coefficient (Wildman–Crippen LogP) is 0.0674. The van der Waals surface area contributed by atoms with E-state index in [2.05, 4.69) is 21.4 Å². The first-order chi connectivity index (χ1) is 19.2. The first-order valence-electron chi connectivity index (χ1n) is 11.1. The molecule has 0 aromatic carbocycles. The van der Waals surface area contributed by atoms with E-state index in [9.17, 15) is 42.7 Å². The summed E-state index contributed by atoms with van der Waals surface area (Å²) in [5.41, 5.74) is 5.68. The maximum Gasteiger partial charge on any atom is 0.490 e. The fourth-order valence-electron chi connectivity index (χ4n) is 3.85. The number of thiazole rings is 1. The topological polar surface area (TPSA) is 216 Å². The van der Waals surface area contributed by atoms with Crippen LogP contribution in [0.15, 0.2) is 33.5 Å². The van der Waals surface area contributed by atoms with Crippen molar-refractivity contribution in [2.45, 2.75) is 24.0 Å². The molecule has 2 fully saturated rings. The summed E-state index contributed by atoms with van der Waals surface area (Å²) in [6.45, 7) is 0.604. The molecule has 1 aromatic heterocycles. The average molecular weight is 617 g/mol. The quantitative estimate of drug-likeness (QED) is 0.0720. The Morgan fingerprint density at radius 3 is 2.49 bits per heavy atom. The Morgan fingerprint density at radius 2 is 1.98 bits per heavy atom. The van der Waals surface area contributed by atoms with Crippen LogP contribution in [-0.2, 0) is 24.0 Å². The Kier molecular flexibility index (Phi) is 9.29. The molecule has 6 N–H and O–H groups in total. The Hall–Kier alpha value is -4.57. The van der Waals surface area contributed by atoms with E-state index < -0.39 is 47.1 Å². The maximum absolute atomic E-state index is 12.8. The molecule has 4 heterocycles. The van der Waals surface area contributed by atoms with Crippen LogP contribution >= 0.6 is 23.1 Å². The number of nitrogens with zero attached hydrogens (tertiary/aromatic N) is 4. The van der Waals surface area contributed by atoms with E-state index in [-0.39, 0.29) is 34.7 Å². The molecule has 0 spiro atoms. The van der Waals surface area contributed by atoms with Crippen molar-refractivity contribution in [3.8, 4) is 12.3 Å². The lowest BCUT2D eigenvalue weighted by Crippen LogP contribution is -2.71. The van der Waals surface area contributed by atoms with Crippen LogP contribution in [0.1, 0.15) is 12.1 Å². The van der Waals surface area contributed by atoms with Gasteiger partial charge in [-0.1, -0.05) is 11.1 Å². The molecular weight excluding hydrogens is 597 g/mol. The van der Waals surface area contributed by atoms with Crippen molar-refractivity contribution < 1.29 is 52.6 Å². The molecule has 3 aliphatic rings. The zero-order valence-electron chi connectivity index (χ0n) is 20.4. The molecule has 0 radical (unpaired) electrons. The monoisotopic (exact) mass is 616 g/mol. The number of anilines is 1. The number of thioether (sulfide) groups is 1. The third-order valence-electron chi connectivity index (χ3n) is 5.65. The number of terminal acetylenes is 1. The molecule has 2 atom stereocenters. The third-order valence-corrected chi connectivity index (χ3v) is 7.63. The number of nitrogens with two attached hydrogens (primary N) is 1. The van der Waals surface area contributed by atoms with E-state index >= 15 is 0 Å². The van der Waals surface area contributed by atoms with Gasteiger partial charge in [-0.05, 0) is 18.1 Å². The van der Waals surface area contributed by atoms with Gasteiger partial charge in [-0.25, -0.2) is 14.6 Å². The van der Waals surface area contributed by atoms with Crippen LogP contribution in [0.25, 0.3) is 0 Å². The molecule has 0 unspecified atom stereocenters. The highest BCUT2D eigenvalue weighted by molar-refractivity contribution is 8.00. The molecule has 19 heteroatoms.